The van der Waals surface area contributed by atoms with Crippen molar-refractivity contribution in [3.05, 3.63) is 45.6 Å². The summed E-state index contributed by atoms with van der Waals surface area (Å²) in [5.74, 6) is -0.476. The molecule has 0 aliphatic rings. The molecule has 2 aromatic heterocycles. The van der Waals surface area contributed by atoms with Crippen LogP contribution in [0, 0.1) is 12.8 Å². The highest BCUT2D eigenvalue weighted by atomic mass is 32.1. The van der Waals surface area contributed by atoms with Crippen LogP contribution in [0.5, 0.6) is 0 Å². The zero-order valence-corrected chi connectivity index (χ0v) is 15.8. The third-order valence-corrected chi connectivity index (χ3v) is 5.55. The molecule has 0 saturated heterocycles. The average molecular weight is 374 g/mol. The molecule has 1 aromatic carbocycles. The van der Waals surface area contributed by atoms with Crippen LogP contribution in [0.1, 0.15) is 28.5 Å². The molecule has 7 heteroatoms. The van der Waals surface area contributed by atoms with Crippen LogP contribution in [0.25, 0.3) is 10.2 Å². The largest absolute Gasteiger partial charge is 0.339 e. The fourth-order valence-corrected chi connectivity index (χ4v) is 3.99. The van der Waals surface area contributed by atoms with Crippen LogP contribution in [0.4, 0.5) is 5.69 Å². The molecule has 0 fully saturated rings. The molecule has 2 heterocycles. The molecule has 0 unspecified atom stereocenters. The third kappa shape index (κ3) is 4.05. The molecule has 5 nitrogen and oxygen atoms in total. The van der Waals surface area contributed by atoms with E-state index in [1.165, 1.54) is 11.3 Å². The Morgan fingerprint density at radius 3 is 2.68 bits per heavy atom. The minimum atomic E-state index is -0.603. The van der Waals surface area contributed by atoms with Gasteiger partial charge in [0.1, 0.15) is 6.04 Å². The van der Waals surface area contributed by atoms with Gasteiger partial charge in [-0.3, -0.25) is 9.59 Å². The van der Waals surface area contributed by atoms with Gasteiger partial charge in [0, 0.05) is 5.69 Å². The van der Waals surface area contributed by atoms with Gasteiger partial charge in [0.15, 0.2) is 0 Å². The Balaban J connectivity index is 1.74. The lowest BCUT2D eigenvalue weighted by Crippen LogP contribution is -2.46. The van der Waals surface area contributed by atoms with Crippen molar-refractivity contribution in [3.8, 4) is 0 Å². The lowest BCUT2D eigenvalue weighted by Gasteiger charge is -2.21. The van der Waals surface area contributed by atoms with Crippen molar-refractivity contribution in [1.29, 1.82) is 0 Å². The van der Waals surface area contributed by atoms with Gasteiger partial charge in [0.25, 0.3) is 5.91 Å². The molecule has 130 valence electrons. The normalized spacial score (nSPS) is 12.3. The molecule has 3 aromatic rings. The summed E-state index contributed by atoms with van der Waals surface area (Å²) in [6, 6.07) is 8.59. The third-order valence-electron chi connectivity index (χ3n) is 3.74. The smallest absolute Gasteiger partial charge is 0.262 e. The first-order valence-electron chi connectivity index (χ1n) is 7.96. The Hall–Kier alpha value is -2.25. The Morgan fingerprint density at radius 1 is 1.20 bits per heavy atom. The number of hydrogen-bond acceptors (Lipinski definition) is 5. The molecular weight excluding hydrogens is 354 g/mol. The number of amides is 2. The summed E-state index contributed by atoms with van der Waals surface area (Å²) in [4.78, 5) is 29.9. The van der Waals surface area contributed by atoms with Gasteiger partial charge in [-0.2, -0.15) is 0 Å². The first-order valence-corrected chi connectivity index (χ1v) is 9.66. The number of aromatic nitrogens is 1. The van der Waals surface area contributed by atoms with E-state index in [0.717, 1.165) is 15.2 Å². The Labute approximate surface area is 154 Å². The molecule has 2 N–H and O–H groups in total. The Bertz CT molecular complexity index is 900. The number of carbonyl (C=O) groups excluding carboxylic acids is 2. The number of fused-ring (bicyclic) bond motifs is 1. The second-order valence-electron chi connectivity index (χ2n) is 6.08. The van der Waals surface area contributed by atoms with Crippen molar-refractivity contribution >= 4 is 50.4 Å². The number of rotatable bonds is 5. The average Bonchev–Trinajstić information content (AvgIpc) is 3.20. The van der Waals surface area contributed by atoms with Crippen molar-refractivity contribution in [3.63, 3.8) is 0 Å². The molecule has 0 radical (unpaired) electrons. The van der Waals surface area contributed by atoms with E-state index in [4.69, 9.17) is 0 Å². The zero-order valence-electron chi connectivity index (χ0n) is 14.2. The topological polar surface area (TPSA) is 71.1 Å². The molecule has 0 aliphatic carbocycles. The number of hydrogen-bond donors (Lipinski definition) is 2. The van der Waals surface area contributed by atoms with E-state index in [1.807, 2.05) is 50.4 Å². The molecule has 0 saturated carbocycles. The van der Waals surface area contributed by atoms with E-state index < -0.39 is 6.04 Å². The first-order chi connectivity index (χ1) is 11.9. The van der Waals surface area contributed by atoms with E-state index >= 15 is 0 Å². The van der Waals surface area contributed by atoms with Gasteiger partial charge in [-0.1, -0.05) is 19.9 Å². The summed E-state index contributed by atoms with van der Waals surface area (Å²) >= 11 is 2.94. The summed E-state index contributed by atoms with van der Waals surface area (Å²) < 4.78 is 1.03. The first kappa shape index (κ1) is 17.6. The molecule has 25 heavy (non-hydrogen) atoms. The number of benzene rings is 1. The van der Waals surface area contributed by atoms with E-state index in [1.54, 1.807) is 17.4 Å². The highest BCUT2D eigenvalue weighted by molar-refractivity contribution is 7.18. The van der Waals surface area contributed by atoms with Crippen LogP contribution in [0.3, 0.4) is 0 Å². The van der Waals surface area contributed by atoms with Gasteiger partial charge < -0.3 is 10.6 Å². The van der Waals surface area contributed by atoms with Crippen LogP contribution in [0.15, 0.2) is 35.7 Å². The van der Waals surface area contributed by atoms with Crippen molar-refractivity contribution in [2.45, 2.75) is 26.8 Å². The maximum atomic E-state index is 12.7. The van der Waals surface area contributed by atoms with Gasteiger partial charge in [-0.05, 0) is 42.5 Å². The van der Waals surface area contributed by atoms with E-state index in [2.05, 4.69) is 15.6 Å². The monoisotopic (exact) mass is 373 g/mol. The van der Waals surface area contributed by atoms with E-state index in [0.29, 0.717) is 10.6 Å². The SMILES string of the molecule is Cc1nc2ccc(NC(=O)[C@H](NC(=O)c3cccs3)C(C)C)cc2s1. The fraction of sp³-hybridized carbons (Fsp3) is 0.278. The van der Waals surface area contributed by atoms with Crippen molar-refractivity contribution in [2.24, 2.45) is 5.92 Å². The van der Waals surface area contributed by atoms with Crippen LogP contribution >= 0.6 is 22.7 Å². The number of aryl methyl sites for hydroxylation is 1. The van der Waals surface area contributed by atoms with Crippen molar-refractivity contribution < 1.29 is 9.59 Å². The maximum Gasteiger partial charge on any atom is 0.262 e. The minimum absolute atomic E-state index is 0.0294. The van der Waals surface area contributed by atoms with Crippen LogP contribution in [0.2, 0.25) is 0 Å². The second kappa shape index (κ2) is 7.33. The summed E-state index contributed by atoms with van der Waals surface area (Å²) in [5, 5.41) is 8.56. The molecule has 0 aliphatic heterocycles. The predicted molar refractivity (Wildman–Crippen MR) is 103 cm³/mol. The summed E-state index contributed by atoms with van der Waals surface area (Å²) in [6.07, 6.45) is 0. The van der Waals surface area contributed by atoms with Crippen LogP contribution in [-0.2, 0) is 4.79 Å². The molecule has 0 bridgehead atoms. The number of carbonyl (C=O) groups is 2. The van der Waals surface area contributed by atoms with E-state index in [-0.39, 0.29) is 17.7 Å². The standard InChI is InChI=1S/C18H19N3O2S2/c1-10(2)16(21-17(22)14-5-4-8-24-14)18(23)20-12-6-7-13-15(9-12)25-11(3)19-13/h4-10,16H,1-3H3,(H,20,23)(H,21,22)/t16-/m1/s1. The Kier molecular flexibility index (Phi) is 5.15. The van der Waals surface area contributed by atoms with Crippen molar-refractivity contribution in [1.82, 2.24) is 10.3 Å². The summed E-state index contributed by atoms with van der Waals surface area (Å²) in [5.41, 5.74) is 1.63. The Morgan fingerprint density at radius 2 is 2.00 bits per heavy atom. The van der Waals surface area contributed by atoms with Gasteiger partial charge in [-0.15, -0.1) is 22.7 Å². The lowest BCUT2D eigenvalue weighted by molar-refractivity contribution is -0.118. The fourth-order valence-electron chi connectivity index (χ4n) is 2.49. The highest BCUT2D eigenvalue weighted by Gasteiger charge is 2.25. The number of nitrogens with zero attached hydrogens (tertiary/aromatic N) is 1. The number of anilines is 1. The number of thiophene rings is 1. The second-order valence-corrected chi connectivity index (χ2v) is 8.26. The minimum Gasteiger partial charge on any atom is -0.339 e. The molecule has 1 atom stereocenters. The quantitative estimate of drug-likeness (QED) is 0.708. The van der Waals surface area contributed by atoms with Gasteiger partial charge in [0.05, 0.1) is 20.1 Å². The maximum absolute atomic E-state index is 12.7. The molecule has 0 spiro atoms. The van der Waals surface area contributed by atoms with Gasteiger partial charge in [0.2, 0.25) is 5.91 Å². The lowest BCUT2D eigenvalue weighted by atomic mass is 10.0. The number of thiazole rings is 1. The zero-order chi connectivity index (χ0) is 18.0. The molecular formula is C18H19N3O2S2. The number of nitrogens with one attached hydrogen (secondary N) is 2. The predicted octanol–water partition coefficient (Wildman–Crippen LogP) is 4.06. The highest BCUT2D eigenvalue weighted by Crippen LogP contribution is 2.25. The van der Waals surface area contributed by atoms with Gasteiger partial charge in [-0.25, -0.2) is 4.98 Å². The van der Waals surface area contributed by atoms with Crippen molar-refractivity contribution in [2.75, 3.05) is 5.32 Å². The van der Waals surface area contributed by atoms with Crippen LogP contribution < -0.4 is 10.6 Å². The molecule has 3 rings (SSSR count). The summed E-state index contributed by atoms with van der Waals surface area (Å²) in [6.45, 7) is 5.78. The van der Waals surface area contributed by atoms with Gasteiger partial charge >= 0.3 is 0 Å². The van der Waals surface area contributed by atoms with E-state index in [9.17, 15) is 9.59 Å². The van der Waals surface area contributed by atoms with Crippen LogP contribution in [-0.4, -0.2) is 22.8 Å². The summed E-state index contributed by atoms with van der Waals surface area (Å²) in [7, 11) is 0. The molecule has 2 amide bonds.